The lowest BCUT2D eigenvalue weighted by Gasteiger charge is -2.58. The van der Waals surface area contributed by atoms with Crippen LogP contribution in [0.25, 0.3) is 0 Å². The van der Waals surface area contributed by atoms with E-state index in [-0.39, 0.29) is 5.41 Å². The molecule has 0 aliphatic heterocycles. The average Bonchev–Trinajstić information content (AvgIpc) is 3.09. The molecule has 5 heteroatoms. The molecule has 4 rings (SSSR count). The molecule has 0 saturated heterocycles. The summed E-state index contributed by atoms with van der Waals surface area (Å²) in [7, 11) is -4.39. The van der Waals surface area contributed by atoms with Gasteiger partial charge in [-0.2, -0.15) is 8.42 Å². The summed E-state index contributed by atoms with van der Waals surface area (Å²) < 4.78 is 36.7. The van der Waals surface area contributed by atoms with Crippen LogP contribution >= 0.6 is 0 Å². The smallest absolute Gasteiger partial charge is 0.264 e. The van der Waals surface area contributed by atoms with E-state index in [0.717, 1.165) is 30.6 Å². The van der Waals surface area contributed by atoms with Gasteiger partial charge in [-0.15, -0.1) is 0 Å². The molecule has 200 valence electrons. The van der Waals surface area contributed by atoms with Crippen LogP contribution in [0.2, 0.25) is 0 Å². The first-order chi connectivity index (χ1) is 16.3. The fourth-order valence-electron chi connectivity index (χ4n) is 9.44. The average molecular weight is 507 g/mol. The zero-order chi connectivity index (χ0) is 25.8. The summed E-state index contributed by atoms with van der Waals surface area (Å²) >= 11 is 0. The fourth-order valence-corrected chi connectivity index (χ4v) is 9.95. The molecule has 3 fully saturated rings. The van der Waals surface area contributed by atoms with Gasteiger partial charge < -0.3 is 0 Å². The van der Waals surface area contributed by atoms with E-state index in [4.69, 9.17) is 8.74 Å². The van der Waals surface area contributed by atoms with Crippen LogP contribution in [0.3, 0.4) is 0 Å². The molecule has 3 saturated carbocycles. The molecular weight excluding hydrogens is 456 g/mol. The summed E-state index contributed by atoms with van der Waals surface area (Å²) in [6.07, 6.45) is 15.8. The molecule has 0 aromatic rings. The summed E-state index contributed by atoms with van der Waals surface area (Å²) in [5.74, 6) is 5.62. The third-order valence-electron chi connectivity index (χ3n) is 11.2. The van der Waals surface area contributed by atoms with Crippen molar-refractivity contribution in [3.63, 3.8) is 0 Å². The summed E-state index contributed by atoms with van der Waals surface area (Å²) in [5, 5.41) is 0. The lowest BCUT2D eigenvalue weighted by atomic mass is 9.47. The van der Waals surface area contributed by atoms with Crippen LogP contribution in [-0.4, -0.2) is 19.1 Å². The minimum Gasteiger partial charge on any atom is -0.264 e. The largest absolute Gasteiger partial charge is 0.397 e. The molecule has 0 aromatic carbocycles. The van der Waals surface area contributed by atoms with E-state index >= 15 is 0 Å². The molecular formula is C30H50O4S. The molecule has 0 amide bonds. The standard InChI is InChI=1S/C30H50O4S/c1-19(2)24(20(3)4)10-8-21(5)26-12-13-27-25-11-9-22-18-23(34-35(31,32)33)14-16-29(22,6)28(25)15-17-30(26,27)7/h8-10,19-21,23-28H,11-18H2,1-7H3,(H,31,32,33). The third kappa shape index (κ3) is 5.21. The topological polar surface area (TPSA) is 63.6 Å². The molecule has 1 N–H and O–H groups in total. The molecule has 0 aromatic heterocycles. The van der Waals surface area contributed by atoms with Crippen LogP contribution in [0.5, 0.6) is 0 Å². The summed E-state index contributed by atoms with van der Waals surface area (Å²) in [6, 6.07) is 0. The van der Waals surface area contributed by atoms with Crippen molar-refractivity contribution in [1.82, 2.24) is 0 Å². The Kier molecular flexibility index (Phi) is 7.75. The van der Waals surface area contributed by atoms with E-state index < -0.39 is 16.5 Å². The Morgan fingerprint density at radius 3 is 2.29 bits per heavy atom. The molecule has 4 aliphatic rings. The third-order valence-corrected chi connectivity index (χ3v) is 11.7. The second kappa shape index (κ2) is 9.91. The molecule has 8 atom stereocenters. The quantitative estimate of drug-likeness (QED) is 0.282. The van der Waals surface area contributed by atoms with Crippen molar-refractivity contribution in [2.45, 2.75) is 106 Å². The maximum Gasteiger partial charge on any atom is 0.397 e. The molecule has 35 heavy (non-hydrogen) atoms. The van der Waals surface area contributed by atoms with Crippen molar-refractivity contribution in [2.75, 3.05) is 0 Å². The Morgan fingerprint density at radius 1 is 0.971 bits per heavy atom. The summed E-state index contributed by atoms with van der Waals surface area (Å²) in [6.45, 7) is 16.9. The first kappa shape index (κ1) is 27.4. The monoisotopic (exact) mass is 506 g/mol. The maximum absolute atomic E-state index is 11.3. The Morgan fingerprint density at radius 2 is 1.66 bits per heavy atom. The molecule has 0 heterocycles. The first-order valence-electron chi connectivity index (χ1n) is 14.3. The molecule has 4 aliphatic carbocycles. The zero-order valence-electron chi connectivity index (χ0n) is 23.2. The van der Waals surface area contributed by atoms with Crippen molar-refractivity contribution in [2.24, 2.45) is 58.2 Å². The van der Waals surface area contributed by atoms with Gasteiger partial charge in [0.25, 0.3) is 0 Å². The van der Waals surface area contributed by atoms with Gasteiger partial charge in [-0.05, 0) is 110 Å². The van der Waals surface area contributed by atoms with Crippen molar-refractivity contribution in [1.29, 1.82) is 0 Å². The predicted molar refractivity (Wildman–Crippen MR) is 143 cm³/mol. The Labute approximate surface area is 215 Å². The number of fused-ring (bicyclic) bond motifs is 5. The van der Waals surface area contributed by atoms with E-state index in [1.54, 1.807) is 0 Å². The summed E-state index contributed by atoms with van der Waals surface area (Å²) in [5.41, 5.74) is 1.94. The first-order valence-corrected chi connectivity index (χ1v) is 15.7. The summed E-state index contributed by atoms with van der Waals surface area (Å²) in [4.78, 5) is 0. The number of allylic oxidation sites excluding steroid dienone is 3. The molecule has 4 nitrogen and oxygen atoms in total. The SMILES string of the molecule is CC(C)C(C=CC(C)C1CCC2C3CC=C4CC(OS(=O)(=O)O)CCC4(C)C3CCC12C)C(C)C. The number of hydrogen-bond donors (Lipinski definition) is 1. The highest BCUT2D eigenvalue weighted by atomic mass is 32.3. The van der Waals surface area contributed by atoms with Gasteiger partial charge in [0.2, 0.25) is 0 Å². The Balaban J connectivity index is 1.50. The lowest BCUT2D eigenvalue weighted by molar-refractivity contribution is -0.0527. The van der Waals surface area contributed by atoms with Crippen molar-refractivity contribution < 1.29 is 17.2 Å². The van der Waals surface area contributed by atoms with Gasteiger partial charge in [-0.25, -0.2) is 4.18 Å². The van der Waals surface area contributed by atoms with Crippen LogP contribution < -0.4 is 0 Å². The van der Waals surface area contributed by atoms with Gasteiger partial charge >= 0.3 is 10.4 Å². The Bertz CT molecular complexity index is 926. The highest BCUT2D eigenvalue weighted by molar-refractivity contribution is 7.80. The highest BCUT2D eigenvalue weighted by Crippen LogP contribution is 2.67. The number of rotatable bonds is 7. The van der Waals surface area contributed by atoms with Crippen LogP contribution in [0, 0.1) is 58.2 Å². The zero-order valence-corrected chi connectivity index (χ0v) is 24.0. The van der Waals surface area contributed by atoms with Crippen LogP contribution in [-0.2, 0) is 14.6 Å². The highest BCUT2D eigenvalue weighted by Gasteiger charge is 2.59. The second-order valence-electron chi connectivity index (χ2n) is 13.7. The molecule has 0 radical (unpaired) electrons. The van der Waals surface area contributed by atoms with E-state index in [1.165, 1.54) is 31.3 Å². The van der Waals surface area contributed by atoms with Crippen LogP contribution in [0.4, 0.5) is 0 Å². The number of hydrogen-bond acceptors (Lipinski definition) is 3. The second-order valence-corrected chi connectivity index (χ2v) is 14.7. The van der Waals surface area contributed by atoms with Crippen molar-refractivity contribution in [3.05, 3.63) is 23.8 Å². The molecule has 8 unspecified atom stereocenters. The van der Waals surface area contributed by atoms with Crippen LogP contribution in [0.15, 0.2) is 23.8 Å². The fraction of sp³-hybridized carbons (Fsp3) is 0.867. The van der Waals surface area contributed by atoms with Crippen molar-refractivity contribution >= 4 is 10.4 Å². The van der Waals surface area contributed by atoms with E-state index in [9.17, 15) is 8.42 Å². The van der Waals surface area contributed by atoms with Crippen LogP contribution in [0.1, 0.15) is 99.8 Å². The molecule has 0 spiro atoms. The maximum atomic E-state index is 11.3. The van der Waals surface area contributed by atoms with Gasteiger partial charge in [0.15, 0.2) is 0 Å². The van der Waals surface area contributed by atoms with E-state index in [0.29, 0.717) is 47.8 Å². The predicted octanol–water partition coefficient (Wildman–Crippen LogP) is 7.87. The van der Waals surface area contributed by atoms with E-state index in [1.807, 2.05) is 0 Å². The van der Waals surface area contributed by atoms with Gasteiger partial charge in [0.1, 0.15) is 0 Å². The van der Waals surface area contributed by atoms with E-state index in [2.05, 4.69) is 66.7 Å². The normalized spacial score (nSPS) is 40.7. The van der Waals surface area contributed by atoms with Gasteiger partial charge in [-0.1, -0.05) is 72.3 Å². The minimum atomic E-state index is -4.39. The molecule has 0 bridgehead atoms. The minimum absolute atomic E-state index is 0.147. The van der Waals surface area contributed by atoms with Gasteiger partial charge in [-0.3, -0.25) is 4.55 Å². The van der Waals surface area contributed by atoms with Crippen molar-refractivity contribution in [3.8, 4) is 0 Å². The van der Waals surface area contributed by atoms with Gasteiger partial charge in [0.05, 0.1) is 6.10 Å². The van der Waals surface area contributed by atoms with Gasteiger partial charge in [0, 0.05) is 0 Å². The Hall–Kier alpha value is -0.650. The lowest BCUT2D eigenvalue weighted by Crippen LogP contribution is -2.51.